The van der Waals surface area contributed by atoms with Crippen molar-refractivity contribution in [1.29, 1.82) is 0 Å². The van der Waals surface area contributed by atoms with Crippen molar-refractivity contribution in [3.05, 3.63) is 35.5 Å². The van der Waals surface area contributed by atoms with Crippen molar-refractivity contribution >= 4 is 50.0 Å². The van der Waals surface area contributed by atoms with Gasteiger partial charge in [-0.25, -0.2) is 0 Å². The van der Waals surface area contributed by atoms with Crippen LogP contribution in [-0.4, -0.2) is 15.7 Å². The highest BCUT2D eigenvalue weighted by atomic mass is 79.9. The van der Waals surface area contributed by atoms with Crippen LogP contribution in [-0.2, 0) is 4.79 Å². The maximum Gasteiger partial charge on any atom is 0.238 e. The molecule has 0 bridgehead atoms. The zero-order valence-electron chi connectivity index (χ0n) is 10.7. The minimum Gasteiger partial charge on any atom is -0.324 e. The highest BCUT2D eigenvalue weighted by Gasteiger charge is 2.19. The summed E-state index contributed by atoms with van der Waals surface area (Å²) in [6.07, 6.45) is 1.68. The number of amides is 1. The highest BCUT2D eigenvalue weighted by molar-refractivity contribution is 9.10. The van der Waals surface area contributed by atoms with Gasteiger partial charge in [-0.1, -0.05) is 41.4 Å². The van der Waals surface area contributed by atoms with E-state index in [0.717, 1.165) is 11.1 Å². The van der Waals surface area contributed by atoms with E-state index in [1.807, 2.05) is 26.0 Å². The van der Waals surface area contributed by atoms with Gasteiger partial charge in [-0.05, 0) is 30.2 Å². The van der Waals surface area contributed by atoms with Gasteiger partial charge in [0.1, 0.15) is 0 Å². The molecule has 0 aliphatic heterocycles. The van der Waals surface area contributed by atoms with Crippen LogP contribution in [0, 0.1) is 5.92 Å². The molecule has 100 valence electrons. The van der Waals surface area contributed by atoms with Gasteiger partial charge in [0, 0.05) is 11.6 Å². The predicted octanol–water partition coefficient (Wildman–Crippen LogP) is 4.25. The van der Waals surface area contributed by atoms with Crippen LogP contribution in [0.25, 0.3) is 10.9 Å². The van der Waals surface area contributed by atoms with Gasteiger partial charge in [0.15, 0.2) is 0 Å². The van der Waals surface area contributed by atoms with Crippen LogP contribution in [0.5, 0.6) is 0 Å². The molecule has 1 amide bonds. The van der Waals surface area contributed by atoms with E-state index >= 15 is 0 Å². The molecular formula is C14H14BrClN2O. The fraction of sp³-hybridized carbons (Fsp3) is 0.286. The molecule has 1 heterocycles. The smallest absolute Gasteiger partial charge is 0.238 e. The Hall–Kier alpha value is -1.13. The van der Waals surface area contributed by atoms with E-state index in [2.05, 4.69) is 26.2 Å². The summed E-state index contributed by atoms with van der Waals surface area (Å²) in [6, 6.07) is 7.25. The van der Waals surface area contributed by atoms with Gasteiger partial charge in [-0.15, -0.1) is 0 Å². The van der Waals surface area contributed by atoms with Crippen molar-refractivity contribution in [2.45, 2.75) is 18.7 Å². The van der Waals surface area contributed by atoms with Crippen LogP contribution in [0.2, 0.25) is 5.02 Å². The first-order chi connectivity index (χ1) is 9.00. The number of benzene rings is 1. The van der Waals surface area contributed by atoms with Gasteiger partial charge in [0.05, 0.1) is 21.1 Å². The zero-order chi connectivity index (χ0) is 14.0. The lowest BCUT2D eigenvalue weighted by molar-refractivity contribution is -0.116. The molecule has 0 saturated carbocycles. The molecule has 0 aliphatic carbocycles. The first-order valence-corrected chi connectivity index (χ1v) is 7.28. The van der Waals surface area contributed by atoms with Crippen LogP contribution < -0.4 is 5.32 Å². The van der Waals surface area contributed by atoms with Crippen LogP contribution in [0.1, 0.15) is 13.8 Å². The Bertz CT molecular complexity index is 615. The molecule has 0 radical (unpaired) electrons. The number of halogens is 2. The van der Waals surface area contributed by atoms with Crippen LogP contribution in [0.15, 0.2) is 30.5 Å². The molecule has 2 aromatic rings. The molecule has 1 unspecified atom stereocenters. The van der Waals surface area contributed by atoms with Gasteiger partial charge in [0.2, 0.25) is 5.91 Å². The third-order valence-electron chi connectivity index (χ3n) is 2.81. The van der Waals surface area contributed by atoms with E-state index in [-0.39, 0.29) is 16.7 Å². The third kappa shape index (κ3) is 3.07. The largest absolute Gasteiger partial charge is 0.324 e. The number of fused-ring (bicyclic) bond motifs is 1. The highest BCUT2D eigenvalue weighted by Crippen LogP contribution is 2.28. The average molecular weight is 342 g/mol. The lowest BCUT2D eigenvalue weighted by atomic mass is 10.1. The zero-order valence-corrected chi connectivity index (χ0v) is 13.0. The molecule has 0 saturated heterocycles. The standard InChI is InChI=1S/C14H14BrClN2O/c1-8(2)12(15)14(19)18-11-6-5-10(16)13-9(11)4-3-7-17-13/h3-8,12H,1-2H3,(H,18,19). The number of aromatic nitrogens is 1. The number of anilines is 1. The number of hydrogen-bond acceptors (Lipinski definition) is 2. The Labute approximate surface area is 125 Å². The van der Waals surface area contributed by atoms with Gasteiger partial charge in [-0.2, -0.15) is 0 Å². The number of nitrogens with zero attached hydrogens (tertiary/aromatic N) is 1. The number of carbonyl (C=O) groups excluding carboxylic acids is 1. The maximum absolute atomic E-state index is 12.1. The third-order valence-corrected chi connectivity index (χ3v) is 4.59. The SMILES string of the molecule is CC(C)C(Br)C(=O)Nc1ccc(Cl)c2ncccc12. The second-order valence-electron chi connectivity index (χ2n) is 4.63. The molecule has 0 spiro atoms. The van der Waals surface area contributed by atoms with E-state index in [9.17, 15) is 4.79 Å². The topological polar surface area (TPSA) is 42.0 Å². The minimum absolute atomic E-state index is 0.0672. The fourth-order valence-corrected chi connectivity index (χ4v) is 2.08. The maximum atomic E-state index is 12.1. The second-order valence-corrected chi connectivity index (χ2v) is 6.02. The molecule has 1 aromatic carbocycles. The van der Waals surface area contributed by atoms with Gasteiger partial charge in [-0.3, -0.25) is 9.78 Å². The average Bonchev–Trinajstić information content (AvgIpc) is 2.41. The summed E-state index contributed by atoms with van der Waals surface area (Å²) in [4.78, 5) is 16.1. The molecular weight excluding hydrogens is 328 g/mol. The Morgan fingerprint density at radius 2 is 2.11 bits per heavy atom. The quantitative estimate of drug-likeness (QED) is 0.848. The number of hydrogen-bond donors (Lipinski definition) is 1. The van der Waals surface area contributed by atoms with Crippen LogP contribution in [0.4, 0.5) is 5.69 Å². The van der Waals surface area contributed by atoms with Gasteiger partial charge >= 0.3 is 0 Å². The summed E-state index contributed by atoms with van der Waals surface area (Å²) in [5, 5.41) is 4.33. The Morgan fingerprint density at radius 3 is 2.79 bits per heavy atom. The molecule has 5 heteroatoms. The molecule has 1 atom stereocenters. The van der Waals surface area contributed by atoms with E-state index in [1.165, 1.54) is 0 Å². The first kappa shape index (κ1) is 14.3. The Morgan fingerprint density at radius 1 is 1.37 bits per heavy atom. The summed E-state index contributed by atoms with van der Waals surface area (Å²) >= 11 is 9.48. The van der Waals surface area contributed by atoms with Crippen LogP contribution >= 0.6 is 27.5 Å². The molecule has 1 aromatic heterocycles. The lowest BCUT2D eigenvalue weighted by Crippen LogP contribution is -2.27. The summed E-state index contributed by atoms with van der Waals surface area (Å²) < 4.78 is 0. The van der Waals surface area contributed by atoms with E-state index in [0.29, 0.717) is 10.5 Å². The van der Waals surface area contributed by atoms with Crippen molar-refractivity contribution in [1.82, 2.24) is 4.98 Å². The summed E-state index contributed by atoms with van der Waals surface area (Å²) in [6.45, 7) is 3.97. The summed E-state index contributed by atoms with van der Waals surface area (Å²) in [5.41, 5.74) is 1.42. The van der Waals surface area contributed by atoms with Gasteiger partial charge in [0.25, 0.3) is 0 Å². The summed E-state index contributed by atoms with van der Waals surface area (Å²) in [5.74, 6) is 0.152. The Kier molecular flexibility index (Phi) is 4.42. The van der Waals surface area contributed by atoms with Gasteiger partial charge < -0.3 is 5.32 Å². The molecule has 3 nitrogen and oxygen atoms in total. The molecule has 2 rings (SSSR count). The first-order valence-electron chi connectivity index (χ1n) is 5.99. The predicted molar refractivity (Wildman–Crippen MR) is 82.9 cm³/mol. The molecule has 0 fully saturated rings. The normalized spacial score (nSPS) is 12.7. The minimum atomic E-state index is -0.227. The number of carbonyl (C=O) groups is 1. The number of rotatable bonds is 3. The fourth-order valence-electron chi connectivity index (χ4n) is 1.75. The van der Waals surface area contributed by atoms with Crippen molar-refractivity contribution < 1.29 is 4.79 Å². The Balaban J connectivity index is 2.36. The van der Waals surface area contributed by atoms with E-state index in [4.69, 9.17) is 11.6 Å². The molecule has 19 heavy (non-hydrogen) atoms. The van der Waals surface area contributed by atoms with Crippen molar-refractivity contribution in [2.24, 2.45) is 5.92 Å². The lowest BCUT2D eigenvalue weighted by Gasteiger charge is -2.15. The number of nitrogens with one attached hydrogen (secondary N) is 1. The van der Waals surface area contributed by atoms with Crippen LogP contribution in [0.3, 0.4) is 0 Å². The van der Waals surface area contributed by atoms with Crippen molar-refractivity contribution in [3.63, 3.8) is 0 Å². The number of pyridine rings is 1. The van der Waals surface area contributed by atoms with Crippen molar-refractivity contribution in [2.75, 3.05) is 5.32 Å². The number of alkyl halides is 1. The monoisotopic (exact) mass is 340 g/mol. The van der Waals surface area contributed by atoms with E-state index < -0.39 is 0 Å². The molecule has 1 N–H and O–H groups in total. The van der Waals surface area contributed by atoms with Crippen molar-refractivity contribution in [3.8, 4) is 0 Å². The van der Waals surface area contributed by atoms with E-state index in [1.54, 1.807) is 18.3 Å². The summed E-state index contributed by atoms with van der Waals surface area (Å²) in [7, 11) is 0. The second kappa shape index (κ2) is 5.88. The molecule has 0 aliphatic rings.